The van der Waals surface area contributed by atoms with Crippen LogP contribution in [0.2, 0.25) is 0 Å². The highest BCUT2D eigenvalue weighted by Crippen LogP contribution is 2.17. The summed E-state index contributed by atoms with van der Waals surface area (Å²) in [6, 6.07) is 13.9. The van der Waals surface area contributed by atoms with E-state index in [1.165, 1.54) is 0 Å². The summed E-state index contributed by atoms with van der Waals surface area (Å²) in [4.78, 5) is 12.2. The van der Waals surface area contributed by atoms with Crippen molar-refractivity contribution in [2.24, 2.45) is 7.05 Å². The van der Waals surface area contributed by atoms with Crippen LogP contribution >= 0.6 is 0 Å². The smallest absolute Gasteiger partial charge is 0.224 e. The van der Waals surface area contributed by atoms with Crippen molar-refractivity contribution in [3.8, 4) is 0 Å². The average molecular weight is 319 g/mol. The summed E-state index contributed by atoms with van der Waals surface area (Å²) in [6.45, 7) is 0.423. The van der Waals surface area contributed by atoms with Gasteiger partial charge in [-0.3, -0.25) is 14.6 Å². The molecule has 0 aliphatic heterocycles. The van der Waals surface area contributed by atoms with E-state index in [-0.39, 0.29) is 5.91 Å². The number of carbonyl (C=O) groups excluding carboxylic acids is 1. The number of carbonyl (C=O) groups is 1. The van der Waals surface area contributed by atoms with Crippen LogP contribution in [0.1, 0.15) is 11.3 Å². The number of nitrogens with one attached hydrogen (secondary N) is 2. The van der Waals surface area contributed by atoms with Crippen LogP contribution in [0.15, 0.2) is 48.7 Å². The lowest BCUT2D eigenvalue weighted by molar-refractivity contribution is -0.120. The highest BCUT2D eigenvalue weighted by molar-refractivity contribution is 5.84. The number of fused-ring (bicyclic) bond motifs is 2. The Morgan fingerprint density at radius 1 is 1.25 bits per heavy atom. The molecular formula is C18H17N5O. The maximum Gasteiger partial charge on any atom is 0.224 e. The molecule has 2 aromatic carbocycles. The minimum absolute atomic E-state index is 0.0244. The minimum Gasteiger partial charge on any atom is -0.350 e. The number of aromatic nitrogens is 4. The molecule has 0 radical (unpaired) electrons. The standard InChI is InChI=1S/C18H17N5O/c1-23-17-5-3-2-4-14(17)16(22-23)11-19-18(24)9-12-6-7-13-10-20-21-15(13)8-12/h2-8,10H,9,11H2,1H3,(H,19,24)(H,20,21). The molecule has 0 saturated carbocycles. The molecule has 0 aliphatic carbocycles. The van der Waals surface area contributed by atoms with E-state index in [1.807, 2.05) is 54.2 Å². The molecule has 0 aliphatic rings. The van der Waals surface area contributed by atoms with Crippen molar-refractivity contribution in [3.63, 3.8) is 0 Å². The van der Waals surface area contributed by atoms with Gasteiger partial charge in [0.15, 0.2) is 0 Å². The van der Waals surface area contributed by atoms with Crippen molar-refractivity contribution in [3.05, 3.63) is 59.9 Å². The molecule has 6 heteroatoms. The molecule has 120 valence electrons. The molecule has 0 atom stereocenters. The number of nitrogens with zero attached hydrogens (tertiary/aromatic N) is 3. The van der Waals surface area contributed by atoms with Gasteiger partial charge in [-0.25, -0.2) is 0 Å². The lowest BCUT2D eigenvalue weighted by Gasteiger charge is -2.04. The second-order valence-electron chi connectivity index (χ2n) is 5.83. The third-order valence-electron chi connectivity index (χ3n) is 4.16. The predicted octanol–water partition coefficient (Wildman–Crippen LogP) is 2.31. The van der Waals surface area contributed by atoms with E-state index in [0.29, 0.717) is 13.0 Å². The van der Waals surface area contributed by atoms with Crippen LogP contribution in [0.4, 0.5) is 0 Å². The van der Waals surface area contributed by atoms with Crippen LogP contribution in [-0.2, 0) is 24.8 Å². The number of para-hydroxylation sites is 1. The van der Waals surface area contributed by atoms with Gasteiger partial charge in [-0.2, -0.15) is 10.2 Å². The fourth-order valence-corrected chi connectivity index (χ4v) is 2.94. The lowest BCUT2D eigenvalue weighted by atomic mass is 10.1. The lowest BCUT2D eigenvalue weighted by Crippen LogP contribution is -2.24. The predicted molar refractivity (Wildman–Crippen MR) is 92.4 cm³/mol. The van der Waals surface area contributed by atoms with Crippen molar-refractivity contribution >= 4 is 27.7 Å². The molecule has 0 spiro atoms. The van der Waals surface area contributed by atoms with Gasteiger partial charge < -0.3 is 5.32 Å². The topological polar surface area (TPSA) is 75.6 Å². The minimum atomic E-state index is -0.0244. The largest absolute Gasteiger partial charge is 0.350 e. The van der Waals surface area contributed by atoms with Gasteiger partial charge in [0.2, 0.25) is 5.91 Å². The van der Waals surface area contributed by atoms with Gasteiger partial charge in [0.1, 0.15) is 0 Å². The Hall–Kier alpha value is -3.15. The van der Waals surface area contributed by atoms with E-state index in [4.69, 9.17) is 0 Å². The van der Waals surface area contributed by atoms with Gasteiger partial charge in [0, 0.05) is 17.8 Å². The third kappa shape index (κ3) is 2.62. The zero-order valence-electron chi connectivity index (χ0n) is 13.3. The Morgan fingerprint density at radius 2 is 2.12 bits per heavy atom. The molecule has 0 fully saturated rings. The molecule has 2 aromatic heterocycles. The van der Waals surface area contributed by atoms with E-state index in [2.05, 4.69) is 20.6 Å². The number of hydrogen-bond acceptors (Lipinski definition) is 3. The van der Waals surface area contributed by atoms with Crippen LogP contribution in [0, 0.1) is 0 Å². The third-order valence-corrected chi connectivity index (χ3v) is 4.16. The summed E-state index contributed by atoms with van der Waals surface area (Å²) in [5.41, 5.74) is 3.84. The van der Waals surface area contributed by atoms with Gasteiger partial charge in [-0.05, 0) is 17.7 Å². The quantitative estimate of drug-likeness (QED) is 0.606. The van der Waals surface area contributed by atoms with Gasteiger partial charge in [0.05, 0.1) is 35.9 Å². The summed E-state index contributed by atoms with van der Waals surface area (Å²) in [6.07, 6.45) is 2.10. The molecular weight excluding hydrogens is 302 g/mol. The van der Waals surface area contributed by atoms with Gasteiger partial charge >= 0.3 is 0 Å². The first-order valence-electron chi connectivity index (χ1n) is 7.80. The first-order chi connectivity index (χ1) is 11.7. The number of benzene rings is 2. The van der Waals surface area contributed by atoms with Crippen LogP contribution < -0.4 is 5.32 Å². The number of rotatable bonds is 4. The normalized spacial score (nSPS) is 11.2. The number of amides is 1. The number of aromatic amines is 1. The molecule has 6 nitrogen and oxygen atoms in total. The highest BCUT2D eigenvalue weighted by Gasteiger charge is 2.10. The zero-order chi connectivity index (χ0) is 16.5. The maximum absolute atomic E-state index is 12.2. The molecule has 2 heterocycles. The number of H-pyrrole nitrogens is 1. The molecule has 0 bridgehead atoms. The van der Waals surface area contributed by atoms with Gasteiger partial charge in [-0.1, -0.05) is 30.3 Å². The van der Waals surface area contributed by atoms with Crippen LogP contribution in [-0.4, -0.2) is 25.9 Å². The second-order valence-corrected chi connectivity index (χ2v) is 5.83. The summed E-state index contributed by atoms with van der Waals surface area (Å²) >= 11 is 0. The fraction of sp³-hybridized carbons (Fsp3) is 0.167. The average Bonchev–Trinajstić information content (AvgIpc) is 3.18. The van der Waals surface area contributed by atoms with Gasteiger partial charge in [0.25, 0.3) is 0 Å². The molecule has 4 rings (SSSR count). The van der Waals surface area contributed by atoms with E-state index in [1.54, 1.807) is 6.20 Å². The monoisotopic (exact) mass is 319 g/mol. The number of hydrogen-bond donors (Lipinski definition) is 2. The summed E-state index contributed by atoms with van der Waals surface area (Å²) in [5, 5.41) is 16.5. The van der Waals surface area contributed by atoms with E-state index >= 15 is 0 Å². The van der Waals surface area contributed by atoms with E-state index < -0.39 is 0 Å². The SMILES string of the molecule is Cn1nc(CNC(=O)Cc2ccc3cn[nH]c3c2)c2ccccc21. The Morgan fingerprint density at radius 3 is 3.04 bits per heavy atom. The maximum atomic E-state index is 12.2. The molecule has 0 unspecified atom stereocenters. The molecule has 0 saturated heterocycles. The van der Waals surface area contributed by atoms with E-state index in [0.717, 1.165) is 33.1 Å². The van der Waals surface area contributed by atoms with Crippen molar-refractivity contribution in [2.75, 3.05) is 0 Å². The van der Waals surface area contributed by atoms with Crippen molar-refractivity contribution in [1.82, 2.24) is 25.3 Å². The van der Waals surface area contributed by atoms with Crippen molar-refractivity contribution in [1.29, 1.82) is 0 Å². The van der Waals surface area contributed by atoms with Gasteiger partial charge in [-0.15, -0.1) is 0 Å². The van der Waals surface area contributed by atoms with Crippen LogP contribution in [0.3, 0.4) is 0 Å². The Balaban J connectivity index is 1.46. The first kappa shape index (κ1) is 14.4. The van der Waals surface area contributed by atoms with Crippen molar-refractivity contribution < 1.29 is 4.79 Å². The van der Waals surface area contributed by atoms with Crippen LogP contribution in [0.25, 0.3) is 21.8 Å². The summed E-state index contributed by atoms with van der Waals surface area (Å²) in [7, 11) is 1.91. The zero-order valence-corrected chi connectivity index (χ0v) is 13.3. The Kier molecular flexibility index (Phi) is 3.49. The summed E-state index contributed by atoms with van der Waals surface area (Å²) in [5.74, 6) is -0.0244. The highest BCUT2D eigenvalue weighted by atomic mass is 16.1. The van der Waals surface area contributed by atoms with Crippen LogP contribution in [0.5, 0.6) is 0 Å². The Bertz CT molecular complexity index is 1030. The second kappa shape index (κ2) is 5.81. The van der Waals surface area contributed by atoms with Crippen molar-refractivity contribution in [2.45, 2.75) is 13.0 Å². The molecule has 1 amide bonds. The molecule has 2 N–H and O–H groups in total. The Labute approximate surface area is 138 Å². The first-order valence-corrected chi connectivity index (χ1v) is 7.80. The van der Waals surface area contributed by atoms with E-state index in [9.17, 15) is 4.79 Å². The molecule has 4 aromatic rings. The number of aryl methyl sites for hydroxylation is 1. The summed E-state index contributed by atoms with van der Waals surface area (Å²) < 4.78 is 1.84. The fourth-order valence-electron chi connectivity index (χ4n) is 2.94. The molecule has 24 heavy (non-hydrogen) atoms.